The van der Waals surface area contributed by atoms with Crippen molar-refractivity contribution in [1.82, 2.24) is 0 Å². The molecule has 0 saturated carbocycles. The van der Waals surface area contributed by atoms with E-state index < -0.39 is 0 Å². The molecule has 0 spiro atoms. The molecule has 0 aromatic carbocycles. The third kappa shape index (κ3) is 4.97. The van der Waals surface area contributed by atoms with E-state index in [0.717, 1.165) is 6.42 Å². The average molecular weight is 231 g/mol. The molecule has 0 saturated heterocycles. The van der Waals surface area contributed by atoms with Crippen LogP contribution >= 0.6 is 15.9 Å². The van der Waals surface area contributed by atoms with Gasteiger partial charge in [0.15, 0.2) is 0 Å². The van der Waals surface area contributed by atoms with Crippen molar-refractivity contribution in [3.05, 3.63) is 10.6 Å². The van der Waals surface area contributed by atoms with Crippen LogP contribution in [0.2, 0.25) is 0 Å². The smallest absolute Gasteiger partial charge is 0.345 e. The lowest BCUT2D eigenvalue weighted by atomic mass is 10.4. The fourth-order valence-electron chi connectivity index (χ4n) is 0.475. The molecule has 0 unspecified atom stereocenters. The zero-order valence-electron chi connectivity index (χ0n) is 7.19. The number of esters is 1. The molecule has 0 N–H and O–H groups in total. The lowest BCUT2D eigenvalue weighted by molar-refractivity contribution is -0.137. The van der Waals surface area contributed by atoms with E-state index in [1.807, 2.05) is 6.92 Å². The van der Waals surface area contributed by atoms with Gasteiger partial charge in [-0.15, -0.1) is 0 Å². The molecule has 66 valence electrons. The van der Waals surface area contributed by atoms with Gasteiger partial charge in [-0.05, 0) is 22.9 Å². The Morgan fingerprint density at radius 2 is 2.25 bits per heavy atom. The van der Waals surface area contributed by atoms with Crippen LogP contribution in [0.25, 0.3) is 0 Å². The summed E-state index contributed by atoms with van der Waals surface area (Å²) in [6.07, 6.45) is 2.28. The van der Waals surface area contributed by atoms with Gasteiger partial charge in [0.1, 0.15) is 4.48 Å². The third-order valence-electron chi connectivity index (χ3n) is 0.948. The quantitative estimate of drug-likeness (QED) is 0.414. The van der Waals surface area contributed by atoms with Crippen LogP contribution in [-0.4, -0.2) is 12.6 Å². The molecule has 0 aromatic rings. The second-order valence-corrected chi connectivity index (χ2v) is 2.74. The number of carbonyl (C=O) groups excluding carboxylic acids is 1. The van der Waals surface area contributed by atoms with Crippen LogP contribution in [0.1, 0.15) is 20.3 Å². The van der Waals surface area contributed by atoms with Gasteiger partial charge in [0, 0.05) is 12.5 Å². The fourth-order valence-corrected chi connectivity index (χ4v) is 0.704. The van der Waals surface area contributed by atoms with Crippen molar-refractivity contribution in [2.75, 3.05) is 6.61 Å². The van der Waals surface area contributed by atoms with Crippen LogP contribution in [0.5, 0.6) is 0 Å². The summed E-state index contributed by atoms with van der Waals surface area (Å²) >= 11 is 3.06. The van der Waals surface area contributed by atoms with Crippen LogP contribution in [0.3, 0.4) is 0 Å². The number of rotatable bonds is 2. The van der Waals surface area contributed by atoms with E-state index >= 15 is 0 Å². The zero-order valence-corrected chi connectivity index (χ0v) is 8.77. The molecule has 3 heteroatoms. The predicted octanol–water partition coefficient (Wildman–Crippen LogP) is 2.24. The number of carbonyl (C=O) groups is 1. The molecule has 0 aliphatic rings. The topological polar surface area (TPSA) is 26.3 Å². The van der Waals surface area contributed by atoms with E-state index in [9.17, 15) is 4.79 Å². The highest BCUT2D eigenvalue weighted by Crippen LogP contribution is 2.05. The molecule has 0 heterocycles. The molecular formula is C9H11BrO2. The van der Waals surface area contributed by atoms with E-state index in [0.29, 0.717) is 11.1 Å². The molecule has 12 heavy (non-hydrogen) atoms. The summed E-state index contributed by atoms with van der Waals surface area (Å²) in [6.45, 7) is 4.08. The largest absolute Gasteiger partial charge is 0.462 e. The second-order valence-electron chi connectivity index (χ2n) is 1.89. The first kappa shape index (κ1) is 11.2. The lowest BCUT2D eigenvalue weighted by Gasteiger charge is -1.96. The number of ether oxygens (including phenoxy) is 1. The van der Waals surface area contributed by atoms with Crippen molar-refractivity contribution in [3.63, 3.8) is 0 Å². The van der Waals surface area contributed by atoms with E-state index in [1.165, 1.54) is 6.08 Å². The minimum absolute atomic E-state index is 0.366. The second kappa shape index (κ2) is 6.93. The Bertz CT molecular complexity index is 233. The Morgan fingerprint density at radius 3 is 2.75 bits per heavy atom. The van der Waals surface area contributed by atoms with Crippen molar-refractivity contribution in [1.29, 1.82) is 0 Å². The highest BCUT2D eigenvalue weighted by Gasteiger charge is 2.03. The molecule has 0 radical (unpaired) electrons. The van der Waals surface area contributed by atoms with Gasteiger partial charge in [-0.3, -0.25) is 0 Å². The van der Waals surface area contributed by atoms with Crippen molar-refractivity contribution in [3.8, 4) is 11.8 Å². The van der Waals surface area contributed by atoms with Crippen LogP contribution in [0.4, 0.5) is 0 Å². The number of allylic oxidation sites excluding steroid dienone is 1. The maximum atomic E-state index is 10.9. The van der Waals surface area contributed by atoms with Gasteiger partial charge in [-0.2, -0.15) is 0 Å². The van der Waals surface area contributed by atoms with Gasteiger partial charge in [0.05, 0.1) is 6.61 Å². The Kier molecular flexibility index (Phi) is 6.50. The van der Waals surface area contributed by atoms with Crippen molar-refractivity contribution < 1.29 is 9.53 Å². The van der Waals surface area contributed by atoms with Crippen LogP contribution in [-0.2, 0) is 9.53 Å². The van der Waals surface area contributed by atoms with Crippen LogP contribution < -0.4 is 0 Å². The minimum Gasteiger partial charge on any atom is -0.462 e. The first-order valence-electron chi connectivity index (χ1n) is 3.73. The lowest BCUT2D eigenvalue weighted by Crippen LogP contribution is -2.02. The Balaban J connectivity index is 4.08. The fraction of sp³-hybridized carbons (Fsp3) is 0.444. The summed E-state index contributed by atoms with van der Waals surface area (Å²) in [5.41, 5.74) is 0. The SMILES string of the molecule is CCC#C/C=C(\Br)C(=O)OCC. The Hall–Kier alpha value is -0.750. The van der Waals surface area contributed by atoms with Crippen molar-refractivity contribution >= 4 is 21.9 Å². The predicted molar refractivity (Wildman–Crippen MR) is 51.7 cm³/mol. The molecule has 0 fully saturated rings. The summed E-state index contributed by atoms with van der Waals surface area (Å²) in [7, 11) is 0. The van der Waals surface area contributed by atoms with Gasteiger partial charge in [0.25, 0.3) is 0 Å². The molecule has 0 aliphatic heterocycles. The van der Waals surface area contributed by atoms with Gasteiger partial charge in [0.2, 0.25) is 0 Å². The highest BCUT2D eigenvalue weighted by atomic mass is 79.9. The first-order valence-corrected chi connectivity index (χ1v) is 4.52. The maximum absolute atomic E-state index is 10.9. The van der Waals surface area contributed by atoms with E-state index in [2.05, 4.69) is 27.8 Å². The standard InChI is InChI=1S/C9H11BrO2/c1-3-5-6-7-8(10)9(11)12-4-2/h7H,3-4H2,1-2H3/b8-7-. The molecule has 2 nitrogen and oxygen atoms in total. The van der Waals surface area contributed by atoms with Crippen LogP contribution in [0, 0.1) is 11.8 Å². The normalized spacial score (nSPS) is 10.1. The van der Waals surface area contributed by atoms with E-state index in [4.69, 9.17) is 4.74 Å². The Morgan fingerprint density at radius 1 is 1.58 bits per heavy atom. The molecule has 0 amide bonds. The summed E-state index contributed by atoms with van der Waals surface area (Å²) in [5.74, 6) is 5.15. The van der Waals surface area contributed by atoms with Gasteiger partial charge in [-0.1, -0.05) is 18.8 Å². The monoisotopic (exact) mass is 230 g/mol. The average Bonchev–Trinajstić information content (AvgIpc) is 2.05. The third-order valence-corrected chi connectivity index (χ3v) is 1.50. The summed E-state index contributed by atoms with van der Waals surface area (Å²) in [5, 5.41) is 0. The highest BCUT2D eigenvalue weighted by molar-refractivity contribution is 9.12. The molecular weight excluding hydrogens is 220 g/mol. The molecule has 0 atom stereocenters. The molecule has 0 rings (SSSR count). The zero-order chi connectivity index (χ0) is 9.40. The van der Waals surface area contributed by atoms with Crippen molar-refractivity contribution in [2.24, 2.45) is 0 Å². The maximum Gasteiger partial charge on any atom is 0.345 e. The Labute approximate surface area is 81.1 Å². The van der Waals surface area contributed by atoms with Crippen LogP contribution in [0.15, 0.2) is 10.6 Å². The summed E-state index contributed by atoms with van der Waals surface area (Å²) in [4.78, 5) is 10.9. The molecule has 0 aromatic heterocycles. The van der Waals surface area contributed by atoms with E-state index in [1.54, 1.807) is 6.92 Å². The van der Waals surface area contributed by atoms with Gasteiger partial charge in [-0.25, -0.2) is 4.79 Å². The number of hydrogen-bond acceptors (Lipinski definition) is 2. The summed E-state index contributed by atoms with van der Waals surface area (Å²) in [6, 6.07) is 0. The minimum atomic E-state index is -0.372. The first-order chi connectivity index (χ1) is 5.72. The molecule has 0 bridgehead atoms. The number of halogens is 1. The van der Waals surface area contributed by atoms with Gasteiger partial charge < -0.3 is 4.74 Å². The van der Waals surface area contributed by atoms with Gasteiger partial charge >= 0.3 is 5.97 Å². The van der Waals surface area contributed by atoms with E-state index in [-0.39, 0.29) is 5.97 Å². The number of hydrogen-bond donors (Lipinski definition) is 0. The molecule has 0 aliphatic carbocycles. The summed E-state index contributed by atoms with van der Waals surface area (Å²) < 4.78 is 5.08. The van der Waals surface area contributed by atoms with Crippen molar-refractivity contribution in [2.45, 2.75) is 20.3 Å².